The van der Waals surface area contributed by atoms with Gasteiger partial charge < -0.3 is 14.9 Å². The molecule has 2 rings (SSSR count). The molecular weight excluding hydrogens is 323 g/mol. The van der Waals surface area contributed by atoms with Crippen molar-refractivity contribution in [3.63, 3.8) is 0 Å². The van der Waals surface area contributed by atoms with Gasteiger partial charge in [0.1, 0.15) is 0 Å². The molecule has 16 heavy (non-hydrogen) atoms. The number of hydrogen-bond donors (Lipinski definition) is 0. The Labute approximate surface area is 153 Å². The molecule has 0 spiro atoms. The summed E-state index contributed by atoms with van der Waals surface area (Å²) in [5.41, 5.74) is -0.165. The van der Waals surface area contributed by atoms with Crippen molar-refractivity contribution < 1.29 is 61.0 Å². The second-order valence-corrected chi connectivity index (χ2v) is 4.24. The number of hydrogen-bond acceptors (Lipinski definition) is 2. The van der Waals surface area contributed by atoms with Gasteiger partial charge in [0.2, 0.25) is 0 Å². The fraction of sp³-hybridized carbons (Fsp3) is 0. The summed E-state index contributed by atoms with van der Waals surface area (Å²) in [5, 5.41) is 2.89. The zero-order valence-corrected chi connectivity index (χ0v) is 13.9. The van der Waals surface area contributed by atoms with Gasteiger partial charge >= 0.3 is 51.4 Å². The van der Waals surface area contributed by atoms with Crippen LogP contribution in [0.1, 0.15) is 20.7 Å². The van der Waals surface area contributed by atoms with E-state index >= 15 is 0 Å². The first-order valence-corrected chi connectivity index (χ1v) is 5.12. The third-order valence-electron chi connectivity index (χ3n) is 1.90. The zero-order chi connectivity index (χ0) is 11.3. The Morgan fingerprint density at radius 1 is 0.688 bits per heavy atom. The molecule has 0 saturated heterocycles. The SMILES string of the molecule is O=C1[N-]C(=O)c2c(Cl)c(Cl)c(Cl)c(Cl)c21.[K+]. The van der Waals surface area contributed by atoms with Crippen molar-refractivity contribution in [1.82, 2.24) is 0 Å². The Kier molecular flexibility index (Phi) is 5.16. The van der Waals surface area contributed by atoms with E-state index in [0.717, 1.165) is 0 Å². The number of nitrogens with zero attached hydrogens (tertiary/aromatic N) is 1. The maximum absolute atomic E-state index is 11.3. The third kappa shape index (κ3) is 2.20. The first-order valence-electron chi connectivity index (χ1n) is 3.61. The monoisotopic (exact) mass is 321 g/mol. The minimum Gasteiger partial charge on any atom is -0.587 e. The average Bonchev–Trinajstić information content (AvgIpc) is 2.47. The second kappa shape index (κ2) is 5.42. The van der Waals surface area contributed by atoms with Crippen LogP contribution in [0.15, 0.2) is 0 Å². The molecule has 0 fully saturated rings. The number of fused-ring (bicyclic) bond motifs is 1. The minimum absolute atomic E-state index is 0. The molecule has 3 nitrogen and oxygen atoms in total. The van der Waals surface area contributed by atoms with Gasteiger partial charge in [-0.2, -0.15) is 0 Å². The van der Waals surface area contributed by atoms with Crippen LogP contribution < -0.4 is 51.4 Å². The van der Waals surface area contributed by atoms with Gasteiger partial charge in [0, 0.05) is 11.1 Å². The second-order valence-electron chi connectivity index (χ2n) is 2.73. The first-order chi connectivity index (χ1) is 6.95. The predicted octanol–water partition coefficient (Wildman–Crippen LogP) is 0.972. The topological polar surface area (TPSA) is 48.2 Å². The van der Waals surface area contributed by atoms with E-state index < -0.39 is 11.8 Å². The number of carbonyl (C=O) groups is 2. The van der Waals surface area contributed by atoms with Gasteiger partial charge in [-0.25, -0.2) is 0 Å². The largest absolute Gasteiger partial charge is 1.00 e. The fourth-order valence-corrected chi connectivity index (χ4v) is 2.25. The predicted molar refractivity (Wildman–Crippen MR) is 58.5 cm³/mol. The zero-order valence-electron chi connectivity index (χ0n) is 7.78. The molecule has 0 aliphatic carbocycles. The van der Waals surface area contributed by atoms with Crippen LogP contribution in [0.4, 0.5) is 0 Å². The standard InChI is InChI=1S/C8HCl4NO2.K/c9-3-1-2(8(15)13-7(1)14)4(10)6(12)5(3)11;/h(H,13,14,15);/q;+1/p-1. The summed E-state index contributed by atoms with van der Waals surface area (Å²) in [7, 11) is 0. The number of amides is 2. The van der Waals surface area contributed by atoms with E-state index in [0.29, 0.717) is 0 Å². The van der Waals surface area contributed by atoms with Gasteiger partial charge in [0.25, 0.3) is 0 Å². The number of benzene rings is 1. The van der Waals surface area contributed by atoms with Gasteiger partial charge in [-0.1, -0.05) is 46.4 Å². The van der Waals surface area contributed by atoms with E-state index in [2.05, 4.69) is 5.32 Å². The maximum Gasteiger partial charge on any atom is 1.00 e. The van der Waals surface area contributed by atoms with Crippen LogP contribution in [0.25, 0.3) is 5.32 Å². The number of rotatable bonds is 0. The summed E-state index contributed by atoms with van der Waals surface area (Å²) in [6, 6.07) is 0. The molecule has 0 atom stereocenters. The van der Waals surface area contributed by atoms with Gasteiger partial charge in [-0.15, -0.1) is 0 Å². The molecule has 0 aromatic heterocycles. The molecule has 1 heterocycles. The maximum atomic E-state index is 11.3. The molecule has 8 heteroatoms. The average molecular weight is 323 g/mol. The molecule has 0 unspecified atom stereocenters. The van der Waals surface area contributed by atoms with Crippen molar-refractivity contribution in [1.29, 1.82) is 0 Å². The van der Waals surface area contributed by atoms with Crippen LogP contribution in [0.5, 0.6) is 0 Å². The molecule has 1 aromatic carbocycles. The van der Waals surface area contributed by atoms with Gasteiger partial charge in [-0.05, 0) is 0 Å². The molecule has 1 aliphatic heterocycles. The van der Waals surface area contributed by atoms with Gasteiger partial charge in [-0.3, -0.25) is 0 Å². The minimum atomic E-state index is -0.750. The first kappa shape index (κ1) is 15.2. The van der Waals surface area contributed by atoms with E-state index in [1.54, 1.807) is 0 Å². The molecule has 2 amide bonds. The Hall–Kier alpha value is 1.16. The van der Waals surface area contributed by atoms with Gasteiger partial charge in [0.05, 0.1) is 31.9 Å². The Morgan fingerprint density at radius 2 is 1.00 bits per heavy atom. The normalized spacial score (nSPS) is 13.2. The number of halogens is 4. The molecule has 0 saturated carbocycles. The molecule has 0 radical (unpaired) electrons. The molecular formula is C8Cl4KNO2. The van der Waals surface area contributed by atoms with Crippen molar-refractivity contribution in [2.24, 2.45) is 0 Å². The third-order valence-corrected chi connectivity index (χ3v) is 3.70. The van der Waals surface area contributed by atoms with Crippen molar-refractivity contribution >= 4 is 58.2 Å². The fourth-order valence-electron chi connectivity index (χ4n) is 1.24. The van der Waals surface area contributed by atoms with E-state index in [1.807, 2.05) is 0 Å². The van der Waals surface area contributed by atoms with Crippen molar-refractivity contribution in [3.05, 3.63) is 36.5 Å². The van der Waals surface area contributed by atoms with E-state index in [1.165, 1.54) is 0 Å². The molecule has 0 N–H and O–H groups in total. The number of imide groups is 1. The summed E-state index contributed by atoms with van der Waals surface area (Å²) in [5.74, 6) is -1.50. The summed E-state index contributed by atoms with van der Waals surface area (Å²) in [4.78, 5) is 22.6. The molecule has 78 valence electrons. The Morgan fingerprint density at radius 3 is 1.31 bits per heavy atom. The van der Waals surface area contributed by atoms with E-state index in [-0.39, 0.29) is 82.6 Å². The van der Waals surface area contributed by atoms with Crippen molar-refractivity contribution in [2.45, 2.75) is 0 Å². The van der Waals surface area contributed by atoms with Crippen LogP contribution >= 0.6 is 46.4 Å². The van der Waals surface area contributed by atoms with Crippen LogP contribution in [-0.2, 0) is 0 Å². The molecule has 1 aromatic rings. The van der Waals surface area contributed by atoms with E-state index in [4.69, 9.17) is 46.4 Å². The molecule has 1 aliphatic rings. The van der Waals surface area contributed by atoms with Crippen molar-refractivity contribution in [2.75, 3.05) is 0 Å². The summed E-state index contributed by atoms with van der Waals surface area (Å²) in [6.45, 7) is 0. The van der Waals surface area contributed by atoms with E-state index in [9.17, 15) is 9.59 Å². The summed E-state index contributed by atoms with van der Waals surface area (Å²) >= 11 is 23.0. The summed E-state index contributed by atoms with van der Waals surface area (Å²) < 4.78 is 0. The van der Waals surface area contributed by atoms with Crippen LogP contribution in [-0.4, -0.2) is 11.8 Å². The van der Waals surface area contributed by atoms with Crippen LogP contribution in [0.2, 0.25) is 20.1 Å². The smallest absolute Gasteiger partial charge is 0.587 e. The quantitative estimate of drug-likeness (QED) is 0.309. The van der Waals surface area contributed by atoms with Crippen molar-refractivity contribution in [3.8, 4) is 0 Å². The summed E-state index contributed by atoms with van der Waals surface area (Å²) in [6.07, 6.45) is 0. The number of carbonyl (C=O) groups excluding carboxylic acids is 2. The Balaban J connectivity index is 0.00000128. The Bertz CT molecular complexity index is 472. The van der Waals surface area contributed by atoms with Gasteiger partial charge in [0.15, 0.2) is 0 Å². The van der Waals surface area contributed by atoms with Crippen LogP contribution in [0, 0.1) is 0 Å². The van der Waals surface area contributed by atoms with Crippen LogP contribution in [0.3, 0.4) is 0 Å². The molecule has 0 bridgehead atoms.